The number of ether oxygens (including phenoxy) is 2. The van der Waals surface area contributed by atoms with E-state index in [2.05, 4.69) is 6.58 Å². The van der Waals surface area contributed by atoms with Gasteiger partial charge in [0.25, 0.3) is 5.91 Å². The Kier molecular flexibility index (Phi) is 6.95. The van der Waals surface area contributed by atoms with Crippen molar-refractivity contribution >= 4 is 34.4 Å². The Balaban J connectivity index is 2.00. The molecule has 0 radical (unpaired) electrons. The molecule has 0 aliphatic rings. The number of carbonyl (C=O) groups excluding carboxylic acids is 2. The number of nitrogens with zero attached hydrogens (tertiary/aromatic N) is 1. The van der Waals surface area contributed by atoms with Gasteiger partial charge < -0.3 is 9.47 Å². The third kappa shape index (κ3) is 4.57. The van der Waals surface area contributed by atoms with Crippen molar-refractivity contribution in [3.63, 3.8) is 0 Å². The average molecular weight is 426 g/mol. The number of carbonyl (C=O) groups is 2. The molecule has 30 heavy (non-hydrogen) atoms. The lowest BCUT2D eigenvalue weighted by molar-refractivity contribution is -0.142. The van der Waals surface area contributed by atoms with Gasteiger partial charge >= 0.3 is 5.97 Å². The second-order valence-corrected chi connectivity index (χ2v) is 7.36. The smallest absolute Gasteiger partial charge is 0.310 e. The fraction of sp³-hybridized carbons (Fsp3) is 0.250. The number of esters is 1. The first-order chi connectivity index (χ1) is 14.5. The maximum Gasteiger partial charge on any atom is 0.310 e. The lowest BCUT2D eigenvalue weighted by atomic mass is 10.1. The largest absolute Gasteiger partial charge is 0.497 e. The van der Waals surface area contributed by atoms with Gasteiger partial charge in [-0.3, -0.25) is 14.2 Å². The number of benzene rings is 2. The molecule has 156 valence electrons. The normalized spacial score (nSPS) is 10.8. The molecule has 1 heterocycles. The van der Waals surface area contributed by atoms with Gasteiger partial charge in [-0.2, -0.15) is 0 Å². The molecule has 2 aromatic carbocycles. The van der Waals surface area contributed by atoms with Gasteiger partial charge in [0.15, 0.2) is 0 Å². The highest BCUT2D eigenvalue weighted by atomic mass is 35.5. The van der Waals surface area contributed by atoms with E-state index in [-0.39, 0.29) is 18.3 Å². The summed E-state index contributed by atoms with van der Waals surface area (Å²) in [5, 5.41) is 1.35. The number of aromatic nitrogens is 1. The molecule has 0 unspecified atom stereocenters. The van der Waals surface area contributed by atoms with Crippen LogP contribution in [0.2, 0.25) is 5.02 Å². The van der Waals surface area contributed by atoms with E-state index in [1.165, 1.54) is 0 Å². The number of halogens is 1. The Morgan fingerprint density at radius 2 is 1.90 bits per heavy atom. The van der Waals surface area contributed by atoms with Crippen molar-refractivity contribution in [1.82, 2.24) is 4.57 Å². The highest BCUT2D eigenvalue weighted by Gasteiger charge is 2.22. The summed E-state index contributed by atoms with van der Waals surface area (Å²) in [6.45, 7) is 5.84. The van der Waals surface area contributed by atoms with Crippen molar-refractivity contribution < 1.29 is 19.1 Å². The molecule has 0 spiro atoms. The summed E-state index contributed by atoms with van der Waals surface area (Å²) in [5.74, 6) is 0.132. The topological polar surface area (TPSA) is 57.5 Å². The Morgan fingerprint density at radius 3 is 2.57 bits per heavy atom. The molecule has 0 N–H and O–H groups in total. The first-order valence-corrected chi connectivity index (χ1v) is 10.1. The van der Waals surface area contributed by atoms with Gasteiger partial charge in [-0.25, -0.2) is 0 Å². The highest BCUT2D eigenvalue weighted by Crippen LogP contribution is 2.31. The van der Waals surface area contributed by atoms with Crippen LogP contribution in [0.1, 0.15) is 34.5 Å². The van der Waals surface area contributed by atoms with E-state index in [1.54, 1.807) is 48.1 Å². The molecule has 0 fully saturated rings. The van der Waals surface area contributed by atoms with Crippen molar-refractivity contribution in [2.45, 2.75) is 26.2 Å². The number of hydrogen-bond acceptors (Lipinski definition) is 4. The van der Waals surface area contributed by atoms with Gasteiger partial charge in [-0.05, 0) is 67.8 Å². The Hall–Kier alpha value is -3.05. The van der Waals surface area contributed by atoms with Gasteiger partial charge in [-0.15, -0.1) is 6.58 Å². The Morgan fingerprint density at radius 1 is 1.17 bits per heavy atom. The summed E-state index contributed by atoms with van der Waals surface area (Å²) in [7, 11) is 1.58. The Labute approximate surface area is 180 Å². The second kappa shape index (κ2) is 9.63. The molecule has 6 heteroatoms. The van der Waals surface area contributed by atoms with Crippen LogP contribution >= 0.6 is 11.6 Å². The molecule has 0 aliphatic heterocycles. The van der Waals surface area contributed by atoms with Gasteiger partial charge in [0, 0.05) is 21.7 Å². The van der Waals surface area contributed by atoms with Gasteiger partial charge in [0.2, 0.25) is 0 Å². The SMILES string of the molecule is C=CCCCOC(=O)Cc1c(C)n(C(=O)c2ccc(Cl)cc2)c2ccc(OC)cc12. The molecule has 0 bridgehead atoms. The van der Waals surface area contributed by atoms with Gasteiger partial charge in [0.1, 0.15) is 5.75 Å². The zero-order valence-electron chi connectivity index (χ0n) is 17.1. The first kappa shape index (κ1) is 21.7. The molecular formula is C24H24ClNO4. The number of rotatable bonds is 8. The van der Waals surface area contributed by atoms with Crippen molar-refractivity contribution in [3.05, 3.63) is 77.0 Å². The minimum Gasteiger partial charge on any atom is -0.497 e. The van der Waals surface area contributed by atoms with Crippen LogP contribution in [0.4, 0.5) is 0 Å². The van der Waals surface area contributed by atoms with Crippen molar-refractivity contribution in [3.8, 4) is 5.75 Å². The number of methoxy groups -OCH3 is 1. The van der Waals surface area contributed by atoms with E-state index in [4.69, 9.17) is 21.1 Å². The molecule has 1 aromatic heterocycles. The molecule has 0 atom stereocenters. The lowest BCUT2D eigenvalue weighted by Crippen LogP contribution is -2.14. The lowest BCUT2D eigenvalue weighted by Gasteiger charge is -2.08. The van der Waals surface area contributed by atoms with E-state index in [0.717, 1.165) is 23.8 Å². The zero-order chi connectivity index (χ0) is 21.7. The fourth-order valence-corrected chi connectivity index (χ4v) is 3.53. The van der Waals surface area contributed by atoms with Gasteiger partial charge in [-0.1, -0.05) is 17.7 Å². The standard InChI is InChI=1S/C24H24ClNO4/c1-4-5-6-13-30-23(27)15-20-16(2)26(22-12-11-19(29-3)14-21(20)22)24(28)17-7-9-18(25)10-8-17/h4,7-12,14H,1,5-6,13,15H2,2-3H3. The molecule has 5 nitrogen and oxygen atoms in total. The molecule has 3 aromatic rings. The third-order valence-corrected chi connectivity index (χ3v) is 5.22. The summed E-state index contributed by atoms with van der Waals surface area (Å²) in [6, 6.07) is 12.2. The maximum absolute atomic E-state index is 13.3. The summed E-state index contributed by atoms with van der Waals surface area (Å²) < 4.78 is 12.3. The maximum atomic E-state index is 13.3. The molecule has 3 rings (SSSR count). The molecule has 0 saturated carbocycles. The minimum atomic E-state index is -0.331. The zero-order valence-corrected chi connectivity index (χ0v) is 17.9. The molecular weight excluding hydrogens is 402 g/mol. The van der Waals surface area contributed by atoms with Gasteiger partial charge in [0.05, 0.1) is 25.7 Å². The van der Waals surface area contributed by atoms with Crippen LogP contribution in [0, 0.1) is 6.92 Å². The van der Waals surface area contributed by atoms with Crippen LogP contribution in [0.25, 0.3) is 10.9 Å². The monoisotopic (exact) mass is 425 g/mol. The fourth-order valence-electron chi connectivity index (χ4n) is 3.40. The number of allylic oxidation sites excluding steroid dienone is 1. The van der Waals surface area contributed by atoms with E-state index in [9.17, 15) is 9.59 Å². The molecule has 0 amide bonds. The average Bonchev–Trinajstić information content (AvgIpc) is 3.02. The predicted molar refractivity (Wildman–Crippen MR) is 119 cm³/mol. The van der Waals surface area contributed by atoms with Crippen LogP contribution in [0.15, 0.2) is 55.1 Å². The van der Waals surface area contributed by atoms with Crippen LogP contribution in [0.5, 0.6) is 5.75 Å². The van der Waals surface area contributed by atoms with E-state index >= 15 is 0 Å². The van der Waals surface area contributed by atoms with Crippen LogP contribution in [-0.2, 0) is 16.0 Å². The third-order valence-electron chi connectivity index (χ3n) is 4.97. The number of hydrogen-bond donors (Lipinski definition) is 0. The molecule has 0 aliphatic carbocycles. The van der Waals surface area contributed by atoms with Crippen LogP contribution in [0.3, 0.4) is 0 Å². The van der Waals surface area contributed by atoms with E-state index in [0.29, 0.717) is 34.2 Å². The van der Waals surface area contributed by atoms with Crippen LogP contribution < -0.4 is 4.74 Å². The number of unbranched alkanes of at least 4 members (excludes halogenated alkanes) is 1. The van der Waals surface area contributed by atoms with Crippen LogP contribution in [-0.4, -0.2) is 30.2 Å². The quantitative estimate of drug-likeness (QED) is 0.277. The minimum absolute atomic E-state index is 0.0739. The first-order valence-electron chi connectivity index (χ1n) is 9.71. The van der Waals surface area contributed by atoms with Crippen molar-refractivity contribution in [2.75, 3.05) is 13.7 Å². The van der Waals surface area contributed by atoms with E-state index < -0.39 is 0 Å². The summed E-state index contributed by atoms with van der Waals surface area (Å²) in [4.78, 5) is 25.7. The Bertz CT molecular complexity index is 1080. The van der Waals surface area contributed by atoms with Crippen molar-refractivity contribution in [1.29, 1.82) is 0 Å². The molecule has 0 saturated heterocycles. The number of fused-ring (bicyclic) bond motifs is 1. The predicted octanol–water partition coefficient (Wildman–Crippen LogP) is 5.35. The summed E-state index contributed by atoms with van der Waals surface area (Å²) >= 11 is 5.96. The second-order valence-electron chi connectivity index (χ2n) is 6.92. The highest BCUT2D eigenvalue weighted by molar-refractivity contribution is 6.30. The van der Waals surface area contributed by atoms with E-state index in [1.807, 2.05) is 19.1 Å². The summed E-state index contributed by atoms with van der Waals surface area (Å²) in [6.07, 6.45) is 3.39. The van der Waals surface area contributed by atoms with Crippen molar-refractivity contribution in [2.24, 2.45) is 0 Å². The summed E-state index contributed by atoms with van der Waals surface area (Å²) in [5.41, 5.74) is 2.66.